The van der Waals surface area contributed by atoms with E-state index in [4.69, 9.17) is 5.73 Å². The summed E-state index contributed by atoms with van der Waals surface area (Å²) in [5.74, 6) is -0.183. The van der Waals surface area contributed by atoms with Crippen molar-refractivity contribution in [1.82, 2.24) is 11.1 Å². The molecule has 0 saturated heterocycles. The Morgan fingerprint density at radius 2 is 1.75 bits per heavy atom. The van der Waals surface area contributed by atoms with Crippen LogP contribution in [-0.2, 0) is 4.79 Å². The molecule has 0 aliphatic rings. The predicted octanol–water partition coefficient (Wildman–Crippen LogP) is 1.21. The molecule has 12 heavy (non-hydrogen) atoms. The van der Waals surface area contributed by atoms with Gasteiger partial charge >= 0.3 is 0 Å². The summed E-state index contributed by atoms with van der Waals surface area (Å²) in [6.45, 7) is 9.47. The highest BCUT2D eigenvalue weighted by atomic mass is 16.2. The minimum atomic E-state index is -0.681. The average molecular weight is 171 g/mol. The fraction of sp³-hybridized carbons (Fsp3) is 0.889. The van der Waals surface area contributed by atoms with Crippen molar-refractivity contribution < 1.29 is 4.79 Å². The third-order valence-corrected chi connectivity index (χ3v) is 1.56. The minimum Gasteiger partial charge on any atom is -0.353 e. The van der Waals surface area contributed by atoms with Crippen molar-refractivity contribution in [2.24, 2.45) is 5.41 Å². The van der Waals surface area contributed by atoms with Gasteiger partial charge in [0, 0.05) is 6.04 Å². The maximum absolute atomic E-state index is 11.3. The first-order valence-electron chi connectivity index (χ1n) is 4.26. The molecule has 1 atom stereocenters. The van der Waals surface area contributed by atoms with Crippen LogP contribution in [0.5, 0.6) is 0 Å². The largest absolute Gasteiger partial charge is 0.353 e. The summed E-state index contributed by atoms with van der Waals surface area (Å²) in [7, 11) is 0. The first kappa shape index (κ1) is 11.4. The Hall–Kier alpha value is -0.570. The van der Waals surface area contributed by atoms with Crippen molar-refractivity contribution in [2.45, 2.75) is 46.7 Å². The maximum atomic E-state index is 11.3. The van der Waals surface area contributed by atoms with Gasteiger partial charge in [-0.15, -0.1) is 0 Å². The van der Waals surface area contributed by atoms with E-state index in [2.05, 4.69) is 5.32 Å². The zero-order valence-electron chi connectivity index (χ0n) is 8.56. The molecule has 71 valence electrons. The van der Waals surface area contributed by atoms with Gasteiger partial charge in [0.05, 0.1) is 0 Å². The second kappa shape index (κ2) is 3.90. The van der Waals surface area contributed by atoms with Crippen molar-refractivity contribution in [3.63, 3.8) is 0 Å². The number of carbonyl (C=O) groups is 1. The second-order valence-electron chi connectivity index (χ2n) is 4.46. The van der Waals surface area contributed by atoms with E-state index in [-0.39, 0.29) is 17.4 Å². The van der Waals surface area contributed by atoms with Crippen LogP contribution < -0.4 is 11.1 Å². The molecule has 0 saturated carbocycles. The van der Waals surface area contributed by atoms with Gasteiger partial charge in [0.15, 0.2) is 0 Å². The summed E-state index contributed by atoms with van der Waals surface area (Å²) < 4.78 is 0. The van der Waals surface area contributed by atoms with E-state index in [1.807, 2.05) is 34.6 Å². The molecule has 1 unspecified atom stereocenters. The first-order chi connectivity index (χ1) is 5.25. The summed E-state index contributed by atoms with van der Waals surface area (Å²) in [4.78, 5) is 11.3. The Morgan fingerprint density at radius 1 is 1.33 bits per heavy atom. The van der Waals surface area contributed by atoms with Gasteiger partial charge in [-0.3, -0.25) is 4.79 Å². The van der Waals surface area contributed by atoms with Crippen molar-refractivity contribution in [2.75, 3.05) is 0 Å². The fourth-order valence-corrected chi connectivity index (χ4v) is 0.761. The topological polar surface area (TPSA) is 52.9 Å². The Kier molecular flexibility index (Phi) is 3.71. The van der Waals surface area contributed by atoms with Crippen LogP contribution in [0.4, 0.5) is 0 Å². The van der Waals surface area contributed by atoms with Crippen molar-refractivity contribution in [3.05, 3.63) is 0 Å². The monoisotopic (exact) mass is 171 g/mol. The second-order valence-corrected chi connectivity index (χ2v) is 4.46. The molecule has 0 aromatic heterocycles. The highest BCUT2D eigenvalue weighted by Gasteiger charge is 2.28. The SMILES string of the molecule is CC(C)NC(=O)C([NH])C(C)(C)C. The molecule has 0 spiro atoms. The van der Waals surface area contributed by atoms with Crippen molar-refractivity contribution in [3.8, 4) is 0 Å². The first-order valence-corrected chi connectivity index (χ1v) is 4.26. The molecule has 0 aliphatic carbocycles. The molecule has 1 amide bonds. The molecule has 0 rings (SSSR count). The van der Waals surface area contributed by atoms with Crippen molar-refractivity contribution in [1.29, 1.82) is 0 Å². The minimum absolute atomic E-state index is 0.118. The number of hydrogen-bond acceptors (Lipinski definition) is 1. The zero-order chi connectivity index (χ0) is 9.94. The summed E-state index contributed by atoms with van der Waals surface area (Å²) in [5.41, 5.74) is 7.33. The number of hydrogen-bond donors (Lipinski definition) is 1. The third kappa shape index (κ3) is 3.72. The molecule has 0 aromatic rings. The van der Waals surface area contributed by atoms with E-state index in [0.717, 1.165) is 0 Å². The van der Waals surface area contributed by atoms with E-state index in [1.54, 1.807) is 0 Å². The summed E-state index contributed by atoms with van der Waals surface area (Å²) in [5, 5.41) is 2.72. The van der Waals surface area contributed by atoms with Crippen LogP contribution in [0.3, 0.4) is 0 Å². The molecule has 0 bridgehead atoms. The lowest BCUT2D eigenvalue weighted by Gasteiger charge is -2.25. The summed E-state index contributed by atoms with van der Waals surface area (Å²) in [6.07, 6.45) is 0. The van der Waals surface area contributed by atoms with Crippen LogP contribution in [0.15, 0.2) is 0 Å². The van der Waals surface area contributed by atoms with Crippen LogP contribution in [0.25, 0.3) is 0 Å². The fourth-order valence-electron chi connectivity index (χ4n) is 0.761. The van der Waals surface area contributed by atoms with Crippen LogP contribution in [0.1, 0.15) is 34.6 Å². The van der Waals surface area contributed by atoms with Crippen LogP contribution >= 0.6 is 0 Å². The highest BCUT2D eigenvalue weighted by Crippen LogP contribution is 2.18. The standard InChI is InChI=1S/C9H19N2O/c1-6(2)11-8(12)7(10)9(3,4)5/h6-7,10H,1-5H3,(H,11,12). The lowest BCUT2D eigenvalue weighted by molar-refractivity contribution is -0.125. The quantitative estimate of drug-likeness (QED) is 0.667. The van der Waals surface area contributed by atoms with E-state index in [9.17, 15) is 4.79 Å². The number of nitrogens with one attached hydrogen (secondary N) is 2. The third-order valence-electron chi connectivity index (χ3n) is 1.56. The van der Waals surface area contributed by atoms with Crippen LogP contribution in [0.2, 0.25) is 0 Å². The summed E-state index contributed by atoms with van der Waals surface area (Å²) in [6, 6.07) is -0.562. The van der Waals surface area contributed by atoms with Crippen molar-refractivity contribution >= 4 is 5.91 Å². The zero-order valence-corrected chi connectivity index (χ0v) is 8.56. The molecular formula is C9H19N2O. The average Bonchev–Trinajstić information content (AvgIpc) is 1.82. The van der Waals surface area contributed by atoms with Crippen LogP contribution in [0, 0.1) is 5.41 Å². The normalized spacial score (nSPS) is 14.6. The predicted molar refractivity (Wildman–Crippen MR) is 49.6 cm³/mol. The van der Waals surface area contributed by atoms with E-state index in [1.165, 1.54) is 0 Å². The van der Waals surface area contributed by atoms with E-state index >= 15 is 0 Å². The molecule has 2 N–H and O–H groups in total. The Balaban J connectivity index is 4.12. The molecule has 0 aliphatic heterocycles. The van der Waals surface area contributed by atoms with Gasteiger partial charge in [0.2, 0.25) is 5.91 Å². The maximum Gasteiger partial charge on any atom is 0.239 e. The van der Waals surface area contributed by atoms with Gasteiger partial charge in [0.1, 0.15) is 6.04 Å². The molecular weight excluding hydrogens is 152 g/mol. The van der Waals surface area contributed by atoms with Gasteiger partial charge in [-0.05, 0) is 19.3 Å². The molecule has 0 heterocycles. The highest BCUT2D eigenvalue weighted by molar-refractivity contribution is 5.82. The lowest BCUT2D eigenvalue weighted by atomic mass is 9.87. The molecule has 0 aromatic carbocycles. The molecule has 1 radical (unpaired) electrons. The summed E-state index contributed by atoms with van der Waals surface area (Å²) >= 11 is 0. The molecule has 0 fully saturated rings. The van der Waals surface area contributed by atoms with Gasteiger partial charge in [-0.1, -0.05) is 20.8 Å². The Morgan fingerprint density at radius 3 is 2.00 bits per heavy atom. The Bertz CT molecular complexity index is 158. The van der Waals surface area contributed by atoms with Crippen LogP contribution in [-0.4, -0.2) is 18.0 Å². The van der Waals surface area contributed by atoms with E-state index in [0.29, 0.717) is 0 Å². The smallest absolute Gasteiger partial charge is 0.239 e. The lowest BCUT2D eigenvalue weighted by Crippen LogP contribution is -2.45. The van der Waals surface area contributed by atoms with Gasteiger partial charge in [0.25, 0.3) is 0 Å². The van der Waals surface area contributed by atoms with Gasteiger partial charge in [-0.25, -0.2) is 5.73 Å². The number of carbonyl (C=O) groups excluding carboxylic acids is 1. The Labute approximate surface area is 74.7 Å². The number of rotatable bonds is 2. The van der Waals surface area contributed by atoms with Gasteiger partial charge < -0.3 is 5.32 Å². The molecule has 3 heteroatoms. The molecule has 3 nitrogen and oxygen atoms in total. The number of amides is 1. The van der Waals surface area contributed by atoms with Gasteiger partial charge in [-0.2, -0.15) is 0 Å². The van der Waals surface area contributed by atoms with E-state index < -0.39 is 6.04 Å².